The van der Waals surface area contributed by atoms with Crippen molar-refractivity contribution in [3.63, 3.8) is 0 Å². The van der Waals surface area contributed by atoms with Crippen molar-refractivity contribution >= 4 is 17.2 Å². The van der Waals surface area contributed by atoms with Crippen LogP contribution < -0.4 is 9.64 Å². The number of carbonyl (C=O) groups excluding carboxylic acids is 1. The average Bonchev–Trinajstić information content (AvgIpc) is 3.30. The third-order valence-electron chi connectivity index (χ3n) is 5.52. The highest BCUT2D eigenvalue weighted by atomic mass is 16.5. The molecule has 31 heavy (non-hydrogen) atoms. The van der Waals surface area contributed by atoms with E-state index in [1.165, 1.54) is 12.8 Å². The van der Waals surface area contributed by atoms with Crippen LogP contribution in [0.2, 0.25) is 0 Å². The lowest BCUT2D eigenvalue weighted by Gasteiger charge is -2.29. The molecule has 0 N–H and O–H groups in total. The zero-order valence-electron chi connectivity index (χ0n) is 18.5. The molecule has 1 aromatic carbocycles. The highest BCUT2D eigenvalue weighted by molar-refractivity contribution is 5.85. The lowest BCUT2D eigenvalue weighted by Crippen LogP contribution is -2.22. The molecule has 2 heterocycles. The minimum absolute atomic E-state index is 0.124. The van der Waals surface area contributed by atoms with Gasteiger partial charge in [0.05, 0.1) is 6.42 Å². The lowest BCUT2D eigenvalue weighted by molar-refractivity contribution is -0.144. The first-order chi connectivity index (χ1) is 15.0. The highest BCUT2D eigenvalue weighted by Gasteiger charge is 2.29. The molecular weight excluding hydrogens is 386 g/mol. The third-order valence-corrected chi connectivity index (χ3v) is 5.52. The molecular formula is C27H31NO3. The van der Waals surface area contributed by atoms with Gasteiger partial charge in [0, 0.05) is 41.6 Å². The normalized spacial score (nSPS) is 18.0. The van der Waals surface area contributed by atoms with Gasteiger partial charge in [-0.25, -0.2) is 0 Å². The van der Waals surface area contributed by atoms with Crippen LogP contribution >= 0.6 is 0 Å². The number of hydrogen-bond acceptors (Lipinski definition) is 4. The van der Waals surface area contributed by atoms with Gasteiger partial charge in [-0.2, -0.15) is 0 Å². The van der Waals surface area contributed by atoms with Gasteiger partial charge in [0.25, 0.3) is 0 Å². The van der Waals surface area contributed by atoms with Crippen LogP contribution in [0.15, 0.2) is 85.2 Å². The number of anilines is 1. The lowest BCUT2D eigenvalue weighted by atomic mass is 9.91. The summed E-state index contributed by atoms with van der Waals surface area (Å²) >= 11 is 0. The molecule has 0 saturated carbocycles. The highest BCUT2D eigenvalue weighted by Crippen LogP contribution is 2.42. The standard InChI is InChI=1S/C27H31NO3/c1-6-9-12-19(4)17-26(29)30-20(5)27-22(7-2)24(8-3)31-25-18-21(13-14-23(25)27)28-15-10-11-16-28/h6-9,12-14,18,20H,1-2,4,10-11,15-17H2,3,5H3/b12-9-,24-8+. The second-order valence-corrected chi connectivity index (χ2v) is 7.72. The molecule has 1 aromatic rings. The van der Waals surface area contributed by atoms with Crippen molar-refractivity contribution < 1.29 is 14.3 Å². The monoisotopic (exact) mass is 417 g/mol. The molecule has 1 fully saturated rings. The SMILES string of the molecule is C=C/C=C\C(=C)CC(=O)OC(C)C1=C(C=C)/C(=C\C)Oc2cc(N3CCCC3)ccc21. The van der Waals surface area contributed by atoms with Gasteiger partial charge in [-0.3, -0.25) is 4.79 Å². The number of hydrogen-bond donors (Lipinski definition) is 0. The number of carbonyl (C=O) groups is 1. The number of benzene rings is 1. The van der Waals surface area contributed by atoms with Gasteiger partial charge in [-0.1, -0.05) is 44.0 Å². The first-order valence-corrected chi connectivity index (χ1v) is 10.7. The molecule has 1 unspecified atom stereocenters. The van der Waals surface area contributed by atoms with Crippen LogP contribution in [-0.2, 0) is 9.53 Å². The predicted molar refractivity (Wildman–Crippen MR) is 128 cm³/mol. The largest absolute Gasteiger partial charge is 0.457 e. The summed E-state index contributed by atoms with van der Waals surface area (Å²) in [5.41, 5.74) is 4.50. The van der Waals surface area contributed by atoms with Crippen molar-refractivity contribution in [3.05, 3.63) is 90.8 Å². The Balaban J connectivity index is 1.90. The molecule has 4 heteroatoms. The Labute approximate surface area is 185 Å². The molecule has 1 saturated heterocycles. The smallest absolute Gasteiger partial charge is 0.310 e. The molecule has 3 rings (SSSR count). The summed E-state index contributed by atoms with van der Waals surface area (Å²) < 4.78 is 12.0. The van der Waals surface area contributed by atoms with E-state index >= 15 is 0 Å². The molecule has 4 nitrogen and oxygen atoms in total. The van der Waals surface area contributed by atoms with Crippen molar-refractivity contribution in [1.82, 2.24) is 0 Å². The van der Waals surface area contributed by atoms with Gasteiger partial charge < -0.3 is 14.4 Å². The van der Waals surface area contributed by atoms with Gasteiger partial charge in [0.2, 0.25) is 0 Å². The molecule has 2 aliphatic rings. The zero-order valence-corrected chi connectivity index (χ0v) is 18.5. The second kappa shape index (κ2) is 10.2. The van der Waals surface area contributed by atoms with Crippen LogP contribution in [0.1, 0.15) is 38.7 Å². The number of allylic oxidation sites excluding steroid dienone is 5. The summed E-state index contributed by atoms with van der Waals surface area (Å²) in [6.45, 7) is 17.4. The molecule has 2 aliphatic heterocycles. The van der Waals surface area contributed by atoms with Gasteiger partial charge in [-0.05, 0) is 50.5 Å². The van der Waals surface area contributed by atoms with Crippen LogP contribution in [0.4, 0.5) is 5.69 Å². The summed E-state index contributed by atoms with van der Waals surface area (Å²) in [6, 6.07) is 6.26. The molecule has 0 aliphatic carbocycles. The summed E-state index contributed by atoms with van der Waals surface area (Å²) in [6.07, 6.45) is 10.9. The van der Waals surface area contributed by atoms with Crippen molar-refractivity contribution in [2.24, 2.45) is 0 Å². The Morgan fingerprint density at radius 2 is 2.03 bits per heavy atom. The fraction of sp³-hybridized carbons (Fsp3) is 0.296. The molecule has 0 spiro atoms. The maximum absolute atomic E-state index is 12.5. The maximum atomic E-state index is 12.5. The van der Waals surface area contributed by atoms with Crippen molar-refractivity contribution in [2.75, 3.05) is 18.0 Å². The van der Waals surface area contributed by atoms with E-state index in [9.17, 15) is 4.79 Å². The summed E-state index contributed by atoms with van der Waals surface area (Å²) in [4.78, 5) is 14.9. The van der Waals surface area contributed by atoms with E-state index in [2.05, 4.69) is 42.8 Å². The number of esters is 1. The van der Waals surface area contributed by atoms with Gasteiger partial charge in [0.15, 0.2) is 0 Å². The molecule has 1 atom stereocenters. The Kier molecular flexibility index (Phi) is 7.35. The molecule has 0 bridgehead atoms. The van der Waals surface area contributed by atoms with E-state index in [4.69, 9.17) is 9.47 Å². The average molecular weight is 418 g/mol. The predicted octanol–water partition coefficient (Wildman–Crippen LogP) is 6.14. The van der Waals surface area contributed by atoms with Gasteiger partial charge in [0.1, 0.15) is 17.6 Å². The Morgan fingerprint density at radius 1 is 1.29 bits per heavy atom. The minimum atomic E-state index is -0.466. The molecule has 0 amide bonds. The second-order valence-electron chi connectivity index (χ2n) is 7.72. The molecule has 0 aromatic heterocycles. The molecule has 0 radical (unpaired) electrons. The summed E-state index contributed by atoms with van der Waals surface area (Å²) in [5.74, 6) is 1.17. The Bertz CT molecular complexity index is 974. The van der Waals surface area contributed by atoms with Crippen molar-refractivity contribution in [1.29, 1.82) is 0 Å². The Morgan fingerprint density at radius 3 is 2.68 bits per heavy atom. The van der Waals surface area contributed by atoms with E-state index < -0.39 is 6.10 Å². The van der Waals surface area contributed by atoms with Crippen LogP contribution in [0.3, 0.4) is 0 Å². The number of ether oxygens (including phenoxy) is 2. The van der Waals surface area contributed by atoms with Gasteiger partial charge in [-0.15, -0.1) is 0 Å². The first-order valence-electron chi connectivity index (χ1n) is 10.7. The quantitative estimate of drug-likeness (QED) is 0.376. The van der Waals surface area contributed by atoms with Gasteiger partial charge >= 0.3 is 5.97 Å². The van der Waals surface area contributed by atoms with E-state index in [1.54, 1.807) is 24.3 Å². The Hall–Kier alpha value is -3.27. The van der Waals surface area contributed by atoms with E-state index in [-0.39, 0.29) is 12.4 Å². The number of rotatable bonds is 8. The fourth-order valence-electron chi connectivity index (χ4n) is 4.05. The topological polar surface area (TPSA) is 38.8 Å². The van der Waals surface area contributed by atoms with Crippen molar-refractivity contribution in [2.45, 2.75) is 39.2 Å². The van der Waals surface area contributed by atoms with Crippen LogP contribution in [0.5, 0.6) is 5.75 Å². The summed E-state index contributed by atoms with van der Waals surface area (Å²) in [5, 5.41) is 0. The van der Waals surface area contributed by atoms with Crippen LogP contribution in [0.25, 0.3) is 5.57 Å². The van der Waals surface area contributed by atoms with E-state index in [0.717, 1.165) is 47.0 Å². The minimum Gasteiger partial charge on any atom is -0.457 e. The maximum Gasteiger partial charge on any atom is 0.310 e. The van der Waals surface area contributed by atoms with Crippen LogP contribution in [-0.4, -0.2) is 25.2 Å². The summed E-state index contributed by atoms with van der Waals surface area (Å²) in [7, 11) is 0. The van der Waals surface area contributed by atoms with Crippen molar-refractivity contribution in [3.8, 4) is 5.75 Å². The zero-order chi connectivity index (χ0) is 22.4. The molecule has 162 valence electrons. The van der Waals surface area contributed by atoms with E-state index in [0.29, 0.717) is 5.57 Å². The number of fused-ring (bicyclic) bond motifs is 1. The fourth-order valence-corrected chi connectivity index (χ4v) is 4.05. The van der Waals surface area contributed by atoms with Crippen LogP contribution in [0, 0.1) is 0 Å². The third kappa shape index (κ3) is 5.08. The van der Waals surface area contributed by atoms with E-state index in [1.807, 2.05) is 19.9 Å². The first kappa shape index (κ1) is 22.4. The number of nitrogens with zero attached hydrogens (tertiary/aromatic N) is 1.